The Balaban J connectivity index is 1.87. The van der Waals surface area contributed by atoms with Crippen molar-refractivity contribution in [1.82, 2.24) is 15.2 Å². The van der Waals surface area contributed by atoms with Crippen molar-refractivity contribution in [3.63, 3.8) is 0 Å². The van der Waals surface area contributed by atoms with E-state index in [1.54, 1.807) is 13.1 Å². The molecule has 1 aliphatic rings. The van der Waals surface area contributed by atoms with Gasteiger partial charge in [-0.1, -0.05) is 6.07 Å². The number of hydrazine groups is 1. The zero-order chi connectivity index (χ0) is 13.7. The largest absolute Gasteiger partial charge is 0.354 e. The van der Waals surface area contributed by atoms with Gasteiger partial charge in [-0.05, 0) is 18.9 Å². The van der Waals surface area contributed by atoms with Crippen LogP contribution in [0.2, 0.25) is 0 Å². The molecule has 1 amide bonds. The summed E-state index contributed by atoms with van der Waals surface area (Å²) in [5.41, 5.74) is 3.73. The highest BCUT2D eigenvalue weighted by Gasteiger charge is 2.20. The second kappa shape index (κ2) is 6.49. The Morgan fingerprint density at radius 1 is 1.53 bits per heavy atom. The summed E-state index contributed by atoms with van der Waals surface area (Å²) < 4.78 is 0. The number of nitrogens with zero attached hydrogens (tertiary/aromatic N) is 2. The van der Waals surface area contributed by atoms with Gasteiger partial charge in [-0.2, -0.15) is 0 Å². The Hall–Kier alpha value is -1.66. The molecule has 0 atom stereocenters. The van der Waals surface area contributed by atoms with E-state index in [0.717, 1.165) is 43.9 Å². The predicted molar refractivity (Wildman–Crippen MR) is 74.2 cm³/mol. The van der Waals surface area contributed by atoms with Gasteiger partial charge in [-0.25, -0.2) is 10.8 Å². The van der Waals surface area contributed by atoms with Crippen LogP contribution in [0, 0.1) is 0 Å². The Labute approximate surface area is 113 Å². The predicted octanol–water partition coefficient (Wildman–Crippen LogP) is 0.468. The lowest BCUT2D eigenvalue weighted by molar-refractivity contribution is -0.119. The van der Waals surface area contributed by atoms with Crippen molar-refractivity contribution in [2.75, 3.05) is 18.5 Å². The van der Waals surface area contributed by atoms with E-state index in [2.05, 4.69) is 20.6 Å². The fraction of sp³-hybridized carbons (Fsp3) is 0.538. The number of hydrogen-bond acceptors (Lipinski definition) is 5. The monoisotopic (exact) mass is 263 g/mol. The molecule has 2 rings (SSSR count). The summed E-state index contributed by atoms with van der Waals surface area (Å²) in [6, 6.07) is 4.26. The molecule has 0 radical (unpaired) electrons. The number of pyridine rings is 1. The van der Waals surface area contributed by atoms with E-state index in [-0.39, 0.29) is 5.91 Å². The molecular formula is C13H21N5O. The Morgan fingerprint density at radius 3 is 2.89 bits per heavy atom. The molecule has 0 aliphatic carbocycles. The molecule has 0 bridgehead atoms. The maximum absolute atomic E-state index is 11.0. The summed E-state index contributed by atoms with van der Waals surface area (Å²) >= 11 is 0. The van der Waals surface area contributed by atoms with E-state index in [1.807, 2.05) is 12.1 Å². The van der Waals surface area contributed by atoms with Crippen molar-refractivity contribution >= 4 is 11.7 Å². The normalized spacial score (nSPS) is 17.2. The summed E-state index contributed by atoms with van der Waals surface area (Å²) in [5.74, 6) is 6.24. The van der Waals surface area contributed by atoms with E-state index < -0.39 is 0 Å². The average molecular weight is 263 g/mol. The van der Waals surface area contributed by atoms with Gasteiger partial charge in [0, 0.05) is 44.4 Å². The number of nitrogens with one attached hydrogen (secondary N) is 2. The quantitative estimate of drug-likeness (QED) is 0.543. The Bertz CT molecular complexity index is 429. The third-order valence-corrected chi connectivity index (χ3v) is 3.42. The average Bonchev–Trinajstić information content (AvgIpc) is 2.41. The summed E-state index contributed by atoms with van der Waals surface area (Å²) in [5, 5.41) is 2.98. The van der Waals surface area contributed by atoms with Crippen LogP contribution in [0.3, 0.4) is 0 Å². The minimum atomic E-state index is 0.0559. The molecular weight excluding hydrogens is 242 g/mol. The van der Waals surface area contributed by atoms with Crippen LogP contribution in [0.4, 0.5) is 5.82 Å². The van der Waals surface area contributed by atoms with Crippen molar-refractivity contribution in [3.05, 3.63) is 23.9 Å². The van der Waals surface area contributed by atoms with E-state index in [0.29, 0.717) is 6.04 Å². The molecule has 0 spiro atoms. The SMILES string of the molecule is CC(=O)NC1CCN(Cc2cccnc2NN)CC1. The molecule has 0 saturated carbocycles. The van der Waals surface area contributed by atoms with Crippen LogP contribution in [0.15, 0.2) is 18.3 Å². The van der Waals surface area contributed by atoms with Gasteiger partial charge in [-0.15, -0.1) is 0 Å². The maximum atomic E-state index is 11.0. The van der Waals surface area contributed by atoms with Crippen LogP contribution in [-0.4, -0.2) is 34.9 Å². The highest BCUT2D eigenvalue weighted by molar-refractivity contribution is 5.73. The minimum absolute atomic E-state index is 0.0559. The van der Waals surface area contributed by atoms with Gasteiger partial charge in [0.2, 0.25) is 5.91 Å². The minimum Gasteiger partial charge on any atom is -0.354 e. The number of nitrogens with two attached hydrogens (primary N) is 1. The lowest BCUT2D eigenvalue weighted by atomic mass is 10.0. The van der Waals surface area contributed by atoms with Crippen LogP contribution in [0.5, 0.6) is 0 Å². The smallest absolute Gasteiger partial charge is 0.217 e. The lowest BCUT2D eigenvalue weighted by Gasteiger charge is -2.32. The van der Waals surface area contributed by atoms with Gasteiger partial charge in [0.25, 0.3) is 0 Å². The number of amides is 1. The maximum Gasteiger partial charge on any atom is 0.217 e. The van der Waals surface area contributed by atoms with Gasteiger partial charge in [0.15, 0.2) is 0 Å². The van der Waals surface area contributed by atoms with Gasteiger partial charge in [-0.3, -0.25) is 9.69 Å². The number of carbonyl (C=O) groups excluding carboxylic acids is 1. The highest BCUT2D eigenvalue weighted by atomic mass is 16.1. The van der Waals surface area contributed by atoms with Gasteiger partial charge < -0.3 is 10.7 Å². The first-order chi connectivity index (χ1) is 9.19. The number of hydrogen-bond donors (Lipinski definition) is 3. The topological polar surface area (TPSA) is 83.3 Å². The molecule has 6 heteroatoms. The van der Waals surface area contributed by atoms with Crippen LogP contribution in [0.1, 0.15) is 25.3 Å². The van der Waals surface area contributed by atoms with E-state index in [1.165, 1.54) is 0 Å². The molecule has 0 aromatic carbocycles. The second-order valence-corrected chi connectivity index (χ2v) is 4.91. The Kier molecular flexibility index (Phi) is 4.70. The van der Waals surface area contributed by atoms with E-state index in [4.69, 9.17) is 5.84 Å². The summed E-state index contributed by atoms with van der Waals surface area (Å²) in [6.07, 6.45) is 3.71. The standard InChI is InChI=1S/C13H21N5O/c1-10(19)16-12-4-7-18(8-5-12)9-11-3-2-6-15-13(11)17-14/h2-3,6,12H,4-5,7-9,14H2,1H3,(H,15,17)(H,16,19). The van der Waals surface area contributed by atoms with Crippen molar-refractivity contribution in [2.24, 2.45) is 5.84 Å². The molecule has 104 valence electrons. The molecule has 0 unspecified atom stereocenters. The van der Waals surface area contributed by atoms with Crippen molar-refractivity contribution in [1.29, 1.82) is 0 Å². The zero-order valence-electron chi connectivity index (χ0n) is 11.2. The fourth-order valence-corrected chi connectivity index (χ4v) is 2.46. The molecule has 1 aliphatic heterocycles. The Morgan fingerprint density at radius 2 is 2.26 bits per heavy atom. The van der Waals surface area contributed by atoms with Crippen molar-refractivity contribution in [2.45, 2.75) is 32.4 Å². The first-order valence-electron chi connectivity index (χ1n) is 6.59. The number of carbonyl (C=O) groups is 1. The van der Waals surface area contributed by atoms with Gasteiger partial charge in [0.1, 0.15) is 5.82 Å². The van der Waals surface area contributed by atoms with Crippen LogP contribution < -0.4 is 16.6 Å². The van der Waals surface area contributed by atoms with Crippen LogP contribution in [0.25, 0.3) is 0 Å². The first-order valence-corrected chi connectivity index (χ1v) is 6.59. The number of anilines is 1. The van der Waals surface area contributed by atoms with Crippen LogP contribution in [-0.2, 0) is 11.3 Å². The molecule has 6 nitrogen and oxygen atoms in total. The zero-order valence-corrected chi connectivity index (χ0v) is 11.2. The summed E-state index contributed by atoms with van der Waals surface area (Å²) in [4.78, 5) is 17.6. The lowest BCUT2D eigenvalue weighted by Crippen LogP contribution is -2.43. The van der Waals surface area contributed by atoms with Crippen molar-refractivity contribution in [3.8, 4) is 0 Å². The number of aromatic nitrogens is 1. The fourth-order valence-electron chi connectivity index (χ4n) is 2.46. The van der Waals surface area contributed by atoms with Gasteiger partial charge >= 0.3 is 0 Å². The number of rotatable bonds is 4. The molecule has 1 fully saturated rings. The van der Waals surface area contributed by atoms with Gasteiger partial charge in [0.05, 0.1) is 0 Å². The van der Waals surface area contributed by atoms with E-state index >= 15 is 0 Å². The third-order valence-electron chi connectivity index (χ3n) is 3.42. The first kappa shape index (κ1) is 13.8. The number of piperidine rings is 1. The second-order valence-electron chi connectivity index (χ2n) is 4.91. The summed E-state index contributed by atoms with van der Waals surface area (Å²) in [6.45, 7) is 4.36. The molecule has 1 aromatic rings. The third kappa shape index (κ3) is 3.90. The molecule has 2 heterocycles. The van der Waals surface area contributed by atoms with E-state index in [9.17, 15) is 4.79 Å². The molecule has 1 saturated heterocycles. The number of likely N-dealkylation sites (tertiary alicyclic amines) is 1. The van der Waals surface area contributed by atoms with Crippen molar-refractivity contribution < 1.29 is 4.79 Å². The number of nitrogen functional groups attached to an aromatic ring is 1. The van der Waals surface area contributed by atoms with Crippen LogP contribution >= 0.6 is 0 Å². The molecule has 19 heavy (non-hydrogen) atoms. The molecule has 4 N–H and O–H groups in total. The highest BCUT2D eigenvalue weighted by Crippen LogP contribution is 2.17. The molecule has 1 aromatic heterocycles. The summed E-state index contributed by atoms with van der Waals surface area (Å²) in [7, 11) is 0.